The summed E-state index contributed by atoms with van der Waals surface area (Å²) < 4.78 is 2.18. The van der Waals surface area contributed by atoms with Gasteiger partial charge in [0.15, 0.2) is 0 Å². The van der Waals surface area contributed by atoms with Gasteiger partial charge >= 0.3 is 0 Å². The lowest BCUT2D eigenvalue weighted by molar-refractivity contribution is 0.650. The van der Waals surface area contributed by atoms with E-state index in [2.05, 4.69) is 32.7 Å². The molecular formula is C11H12N4. The molecule has 1 aliphatic rings. The van der Waals surface area contributed by atoms with Crippen LogP contribution in [0.25, 0.3) is 0 Å². The number of aromatic nitrogens is 4. The fourth-order valence-electron chi connectivity index (χ4n) is 2.04. The van der Waals surface area contributed by atoms with Crippen LogP contribution in [0.4, 0.5) is 0 Å². The summed E-state index contributed by atoms with van der Waals surface area (Å²) in [4.78, 5) is 4.40. The number of pyridine rings is 1. The lowest BCUT2D eigenvalue weighted by atomic mass is 10.1. The molecule has 0 unspecified atom stereocenters. The average molecular weight is 200 g/mol. The lowest BCUT2D eigenvalue weighted by Gasteiger charge is -2.17. The molecule has 0 saturated heterocycles. The Balaban J connectivity index is 2.09. The molecule has 0 saturated carbocycles. The first-order valence-corrected chi connectivity index (χ1v) is 5.22. The molecule has 0 radical (unpaired) electrons. The second kappa shape index (κ2) is 3.15. The molecule has 0 amide bonds. The van der Waals surface area contributed by atoms with Gasteiger partial charge in [-0.3, -0.25) is 4.98 Å². The fourth-order valence-corrected chi connectivity index (χ4v) is 2.04. The van der Waals surface area contributed by atoms with Gasteiger partial charge in [-0.2, -0.15) is 0 Å². The summed E-state index contributed by atoms with van der Waals surface area (Å²) in [5.41, 5.74) is 2.43. The predicted molar refractivity (Wildman–Crippen MR) is 55.5 cm³/mol. The second-order valence-electron chi connectivity index (χ2n) is 3.76. The first-order valence-electron chi connectivity index (χ1n) is 5.22. The molecule has 2 aromatic rings. The number of fused-ring (bicyclic) bond motifs is 2. The van der Waals surface area contributed by atoms with Crippen LogP contribution < -0.4 is 0 Å². The highest BCUT2D eigenvalue weighted by Crippen LogP contribution is 2.20. The zero-order valence-electron chi connectivity index (χ0n) is 8.64. The van der Waals surface area contributed by atoms with Crippen molar-refractivity contribution in [3.05, 3.63) is 41.2 Å². The number of aryl methyl sites for hydroxylation is 1. The highest BCUT2D eigenvalue weighted by atomic mass is 15.3. The molecule has 1 aliphatic heterocycles. The topological polar surface area (TPSA) is 43.6 Å². The van der Waals surface area contributed by atoms with Crippen LogP contribution in [-0.4, -0.2) is 19.7 Å². The van der Waals surface area contributed by atoms with Crippen molar-refractivity contribution >= 4 is 0 Å². The molecule has 0 aliphatic carbocycles. The van der Waals surface area contributed by atoms with Gasteiger partial charge in [-0.25, -0.2) is 0 Å². The average Bonchev–Trinajstić information content (AvgIpc) is 2.68. The third-order valence-corrected chi connectivity index (χ3v) is 2.86. The quantitative estimate of drug-likeness (QED) is 0.592. The minimum absolute atomic E-state index is 0.821. The summed E-state index contributed by atoms with van der Waals surface area (Å²) in [6.07, 6.45) is 3.63. The number of nitrogens with zero attached hydrogens (tertiary/aromatic N) is 4. The molecule has 0 aromatic carbocycles. The van der Waals surface area contributed by atoms with Crippen LogP contribution in [0.5, 0.6) is 0 Å². The minimum Gasteiger partial charge on any atom is -0.309 e. The Hall–Kier alpha value is -1.71. The van der Waals surface area contributed by atoms with Crippen molar-refractivity contribution in [2.24, 2.45) is 0 Å². The summed E-state index contributed by atoms with van der Waals surface area (Å²) in [7, 11) is 0. The summed E-state index contributed by atoms with van der Waals surface area (Å²) in [5, 5.41) is 8.40. The highest BCUT2D eigenvalue weighted by Gasteiger charge is 2.19. The van der Waals surface area contributed by atoms with Crippen molar-refractivity contribution in [3.63, 3.8) is 0 Å². The van der Waals surface area contributed by atoms with Crippen molar-refractivity contribution < 1.29 is 0 Å². The van der Waals surface area contributed by atoms with E-state index in [1.54, 1.807) is 0 Å². The lowest BCUT2D eigenvalue weighted by Crippen LogP contribution is -2.17. The number of hydrogen-bond acceptors (Lipinski definition) is 3. The summed E-state index contributed by atoms with van der Waals surface area (Å²) in [6, 6.07) is 4.09. The molecule has 3 rings (SSSR count). The molecule has 3 heterocycles. The Morgan fingerprint density at radius 3 is 3.20 bits per heavy atom. The van der Waals surface area contributed by atoms with E-state index in [4.69, 9.17) is 0 Å². The predicted octanol–water partition coefficient (Wildman–Crippen LogP) is 1.19. The van der Waals surface area contributed by atoms with Gasteiger partial charge in [-0.05, 0) is 11.6 Å². The Morgan fingerprint density at radius 2 is 2.33 bits per heavy atom. The van der Waals surface area contributed by atoms with Gasteiger partial charge in [0.05, 0.1) is 12.2 Å². The van der Waals surface area contributed by atoms with E-state index in [1.165, 1.54) is 5.56 Å². The normalized spacial score (nSPS) is 13.4. The number of hydrogen-bond donors (Lipinski definition) is 0. The standard InChI is InChI=1S/C11H12N4/c1-2-10-13-14-11-6-8-4-3-5-12-9(8)7-15(10)11/h3-5H,2,6-7H2,1H3. The van der Waals surface area contributed by atoms with Gasteiger partial charge in [0.1, 0.15) is 11.6 Å². The molecule has 0 bridgehead atoms. The maximum Gasteiger partial charge on any atom is 0.137 e. The van der Waals surface area contributed by atoms with E-state index in [0.717, 1.165) is 36.7 Å². The molecule has 2 aromatic heterocycles. The third-order valence-electron chi connectivity index (χ3n) is 2.86. The first kappa shape index (κ1) is 8.59. The summed E-state index contributed by atoms with van der Waals surface area (Å²) in [6.45, 7) is 2.92. The van der Waals surface area contributed by atoms with Gasteiger partial charge < -0.3 is 4.57 Å². The van der Waals surface area contributed by atoms with E-state index in [-0.39, 0.29) is 0 Å². The van der Waals surface area contributed by atoms with Gasteiger partial charge in [-0.15, -0.1) is 10.2 Å². The minimum atomic E-state index is 0.821. The van der Waals surface area contributed by atoms with E-state index < -0.39 is 0 Å². The van der Waals surface area contributed by atoms with Crippen LogP contribution in [0.15, 0.2) is 18.3 Å². The maximum absolute atomic E-state index is 4.40. The first-order chi connectivity index (χ1) is 7.38. The SMILES string of the molecule is CCc1nnc2n1Cc1ncccc1C2. The highest BCUT2D eigenvalue weighted by molar-refractivity contribution is 5.28. The zero-order chi connectivity index (χ0) is 10.3. The van der Waals surface area contributed by atoms with E-state index >= 15 is 0 Å². The number of rotatable bonds is 1. The van der Waals surface area contributed by atoms with Crippen molar-refractivity contribution in [2.45, 2.75) is 26.3 Å². The fraction of sp³-hybridized carbons (Fsp3) is 0.364. The molecule has 0 spiro atoms. The summed E-state index contributed by atoms with van der Waals surface area (Å²) >= 11 is 0. The van der Waals surface area contributed by atoms with Gasteiger partial charge in [0.25, 0.3) is 0 Å². The molecule has 4 heteroatoms. The van der Waals surface area contributed by atoms with Crippen LogP contribution in [0, 0.1) is 0 Å². The van der Waals surface area contributed by atoms with E-state index in [0.29, 0.717) is 0 Å². The van der Waals surface area contributed by atoms with Crippen LogP contribution >= 0.6 is 0 Å². The van der Waals surface area contributed by atoms with Gasteiger partial charge in [0, 0.05) is 19.0 Å². The zero-order valence-corrected chi connectivity index (χ0v) is 8.64. The monoisotopic (exact) mass is 200 g/mol. The molecule has 4 nitrogen and oxygen atoms in total. The second-order valence-corrected chi connectivity index (χ2v) is 3.76. The van der Waals surface area contributed by atoms with E-state index in [1.807, 2.05) is 12.3 Å². The van der Waals surface area contributed by atoms with Crippen LogP contribution in [-0.2, 0) is 19.4 Å². The van der Waals surface area contributed by atoms with Gasteiger partial charge in [-0.1, -0.05) is 13.0 Å². The summed E-state index contributed by atoms with van der Waals surface area (Å²) in [5.74, 6) is 2.12. The largest absolute Gasteiger partial charge is 0.309 e. The Morgan fingerprint density at radius 1 is 1.40 bits per heavy atom. The molecule has 0 atom stereocenters. The van der Waals surface area contributed by atoms with Crippen LogP contribution in [0.3, 0.4) is 0 Å². The molecule has 0 fully saturated rings. The Labute approximate surface area is 88.0 Å². The van der Waals surface area contributed by atoms with Crippen molar-refractivity contribution in [1.29, 1.82) is 0 Å². The van der Waals surface area contributed by atoms with Crippen molar-refractivity contribution in [3.8, 4) is 0 Å². The van der Waals surface area contributed by atoms with E-state index in [9.17, 15) is 0 Å². The van der Waals surface area contributed by atoms with Crippen molar-refractivity contribution in [2.75, 3.05) is 0 Å². The molecule has 15 heavy (non-hydrogen) atoms. The molecular weight excluding hydrogens is 188 g/mol. The van der Waals surface area contributed by atoms with Crippen LogP contribution in [0.2, 0.25) is 0 Å². The van der Waals surface area contributed by atoms with Crippen molar-refractivity contribution in [1.82, 2.24) is 19.7 Å². The molecule has 76 valence electrons. The Bertz CT molecular complexity index is 501. The maximum atomic E-state index is 4.40. The van der Waals surface area contributed by atoms with Crippen LogP contribution in [0.1, 0.15) is 29.8 Å². The third kappa shape index (κ3) is 1.25. The Kier molecular flexibility index (Phi) is 1.80. The smallest absolute Gasteiger partial charge is 0.137 e. The molecule has 0 N–H and O–H groups in total. The van der Waals surface area contributed by atoms with Gasteiger partial charge in [0.2, 0.25) is 0 Å².